The predicted octanol–water partition coefficient (Wildman–Crippen LogP) is 4.55. The number of benzene rings is 1. The minimum absolute atomic E-state index is 0.263. The van der Waals surface area contributed by atoms with Crippen LogP contribution in [0.1, 0.15) is 37.4 Å². The van der Waals surface area contributed by atoms with Crippen LogP contribution in [0.4, 0.5) is 0 Å². The third kappa shape index (κ3) is 2.05. The van der Waals surface area contributed by atoms with Crippen LogP contribution in [-0.4, -0.2) is 11.9 Å². The van der Waals surface area contributed by atoms with E-state index in [-0.39, 0.29) is 12.2 Å². The molecule has 3 rings (SSSR count). The second kappa shape index (κ2) is 4.68. The predicted molar refractivity (Wildman–Crippen MR) is 71.7 cm³/mol. The molecule has 1 saturated heterocycles. The van der Waals surface area contributed by atoms with Crippen LogP contribution in [0, 0.1) is 6.92 Å². The summed E-state index contributed by atoms with van der Waals surface area (Å²) in [6, 6.07) is 5.46. The third-order valence-corrected chi connectivity index (χ3v) is 4.35. The Hall–Kier alpha value is -0.280. The number of hydrogen-bond acceptors (Lipinski definition) is 2. The Kier molecular flexibility index (Phi) is 3.31. The average molecular weight is 286 g/mol. The zero-order valence-electron chi connectivity index (χ0n) is 9.99. The highest BCUT2D eigenvalue weighted by Gasteiger charge is 2.48. The lowest BCUT2D eigenvalue weighted by molar-refractivity contribution is -0.167. The van der Waals surface area contributed by atoms with Crippen molar-refractivity contribution >= 4 is 23.2 Å². The topological polar surface area (TPSA) is 18.5 Å². The maximum atomic E-state index is 6.22. The molecule has 1 aromatic carbocycles. The van der Waals surface area contributed by atoms with Gasteiger partial charge in [0.1, 0.15) is 6.10 Å². The minimum atomic E-state index is -0.459. The van der Waals surface area contributed by atoms with Gasteiger partial charge in [-0.2, -0.15) is 0 Å². The van der Waals surface area contributed by atoms with E-state index in [0.717, 1.165) is 31.2 Å². The Bertz CT molecular complexity index is 435. The number of hydrogen-bond donors (Lipinski definition) is 0. The van der Waals surface area contributed by atoms with Crippen molar-refractivity contribution in [3.8, 4) is 0 Å². The van der Waals surface area contributed by atoms with E-state index in [2.05, 4.69) is 6.92 Å². The largest absolute Gasteiger partial charge is 0.344 e. The molecule has 1 aromatic rings. The van der Waals surface area contributed by atoms with Crippen LogP contribution in [0.25, 0.3) is 0 Å². The van der Waals surface area contributed by atoms with Gasteiger partial charge in [-0.1, -0.05) is 29.3 Å². The van der Waals surface area contributed by atoms with Gasteiger partial charge in [0, 0.05) is 28.5 Å². The van der Waals surface area contributed by atoms with Crippen molar-refractivity contribution in [3.05, 3.63) is 40.7 Å². The van der Waals surface area contributed by atoms with E-state index < -0.39 is 5.79 Å². The maximum absolute atomic E-state index is 6.22. The Morgan fingerprint density at radius 1 is 1.11 bits per heavy atom. The van der Waals surface area contributed by atoms with Crippen LogP contribution in [0.3, 0.4) is 0 Å². The molecule has 2 nitrogen and oxygen atoms in total. The van der Waals surface area contributed by atoms with E-state index in [1.165, 1.54) is 0 Å². The van der Waals surface area contributed by atoms with Gasteiger partial charge < -0.3 is 9.47 Å². The van der Waals surface area contributed by atoms with Crippen molar-refractivity contribution < 1.29 is 9.47 Å². The van der Waals surface area contributed by atoms with Gasteiger partial charge in [0.2, 0.25) is 0 Å². The van der Waals surface area contributed by atoms with Crippen molar-refractivity contribution in [3.63, 3.8) is 0 Å². The SMILES string of the molecule is [CH2][C@H]1OC2(CCCC2)O[C@@H]1c1c(Cl)cccc1Cl. The molecule has 0 aromatic heterocycles. The molecule has 0 bridgehead atoms. The van der Waals surface area contributed by atoms with Crippen LogP contribution < -0.4 is 0 Å². The van der Waals surface area contributed by atoms with Crippen LogP contribution in [0.5, 0.6) is 0 Å². The lowest BCUT2D eigenvalue weighted by Gasteiger charge is -2.22. The van der Waals surface area contributed by atoms with Gasteiger partial charge in [-0.15, -0.1) is 0 Å². The number of halogens is 2. The molecular weight excluding hydrogens is 271 g/mol. The molecule has 4 heteroatoms. The lowest BCUT2D eigenvalue weighted by Crippen LogP contribution is -2.26. The summed E-state index contributed by atoms with van der Waals surface area (Å²) < 4.78 is 12.1. The molecule has 97 valence electrons. The monoisotopic (exact) mass is 285 g/mol. The zero-order valence-corrected chi connectivity index (χ0v) is 11.5. The van der Waals surface area contributed by atoms with Crippen molar-refractivity contribution in [2.45, 2.75) is 43.7 Å². The minimum Gasteiger partial charge on any atom is -0.344 e. The first kappa shape index (κ1) is 12.7. The van der Waals surface area contributed by atoms with Gasteiger partial charge in [-0.25, -0.2) is 0 Å². The molecule has 1 radical (unpaired) electrons. The van der Waals surface area contributed by atoms with Gasteiger partial charge in [0.25, 0.3) is 0 Å². The maximum Gasteiger partial charge on any atom is 0.169 e. The third-order valence-electron chi connectivity index (χ3n) is 3.70. The standard InChI is InChI=1S/C14H15Cl2O2/c1-9-13(12-10(15)5-4-6-11(12)16)18-14(17-9)7-2-3-8-14/h4-6,9,13H,1-3,7-8H2/t9-,13+/m1/s1. The highest BCUT2D eigenvalue weighted by atomic mass is 35.5. The molecule has 0 amide bonds. The summed E-state index contributed by atoms with van der Waals surface area (Å²) in [5.74, 6) is -0.459. The number of ether oxygens (including phenoxy) is 2. The molecule has 1 aliphatic carbocycles. The Morgan fingerprint density at radius 2 is 1.72 bits per heavy atom. The fourth-order valence-corrected chi connectivity index (χ4v) is 3.46. The molecule has 0 N–H and O–H groups in total. The van der Waals surface area contributed by atoms with Gasteiger partial charge in [-0.3, -0.25) is 0 Å². The van der Waals surface area contributed by atoms with Crippen molar-refractivity contribution in [2.75, 3.05) is 0 Å². The van der Waals surface area contributed by atoms with Gasteiger partial charge in [0.15, 0.2) is 5.79 Å². The summed E-state index contributed by atoms with van der Waals surface area (Å²) in [5, 5.41) is 1.22. The first-order valence-electron chi connectivity index (χ1n) is 6.24. The van der Waals surface area contributed by atoms with Gasteiger partial charge >= 0.3 is 0 Å². The molecule has 18 heavy (non-hydrogen) atoms. The Balaban J connectivity index is 1.93. The molecule has 0 unspecified atom stereocenters. The summed E-state index contributed by atoms with van der Waals surface area (Å²) in [6.07, 6.45) is 3.59. The molecule has 1 aliphatic heterocycles. The zero-order chi connectivity index (χ0) is 12.8. The summed E-state index contributed by atoms with van der Waals surface area (Å²) >= 11 is 12.4. The Morgan fingerprint density at radius 3 is 2.33 bits per heavy atom. The molecule has 2 atom stereocenters. The van der Waals surface area contributed by atoms with Gasteiger partial charge in [-0.05, 0) is 31.9 Å². The summed E-state index contributed by atoms with van der Waals surface area (Å²) in [4.78, 5) is 0. The Labute approximate surface area is 117 Å². The summed E-state index contributed by atoms with van der Waals surface area (Å²) in [6.45, 7) is 4.03. The normalized spacial score (nSPS) is 30.2. The first-order valence-corrected chi connectivity index (χ1v) is 6.99. The van der Waals surface area contributed by atoms with Crippen LogP contribution in [0.2, 0.25) is 10.0 Å². The summed E-state index contributed by atoms with van der Waals surface area (Å²) in [5.41, 5.74) is 0.796. The van der Waals surface area contributed by atoms with E-state index in [4.69, 9.17) is 32.7 Å². The lowest BCUT2D eigenvalue weighted by atomic mass is 10.1. The van der Waals surface area contributed by atoms with Crippen LogP contribution in [-0.2, 0) is 9.47 Å². The molecule has 1 spiro atoms. The molecule has 2 aliphatic rings. The van der Waals surface area contributed by atoms with Crippen molar-refractivity contribution in [1.29, 1.82) is 0 Å². The second-order valence-electron chi connectivity index (χ2n) is 4.95. The van der Waals surface area contributed by atoms with E-state index in [0.29, 0.717) is 10.0 Å². The van der Waals surface area contributed by atoms with E-state index in [9.17, 15) is 0 Å². The van der Waals surface area contributed by atoms with Crippen molar-refractivity contribution in [1.82, 2.24) is 0 Å². The quantitative estimate of drug-likeness (QED) is 0.753. The fraction of sp³-hybridized carbons (Fsp3) is 0.500. The highest BCUT2D eigenvalue weighted by Crippen LogP contribution is 2.49. The first-order chi connectivity index (χ1) is 8.61. The molecule has 1 heterocycles. The van der Waals surface area contributed by atoms with Crippen LogP contribution >= 0.6 is 23.2 Å². The highest BCUT2D eigenvalue weighted by molar-refractivity contribution is 6.36. The van der Waals surface area contributed by atoms with E-state index >= 15 is 0 Å². The number of rotatable bonds is 1. The molecule has 1 saturated carbocycles. The van der Waals surface area contributed by atoms with E-state index in [1.807, 2.05) is 18.2 Å². The van der Waals surface area contributed by atoms with Crippen LogP contribution in [0.15, 0.2) is 18.2 Å². The van der Waals surface area contributed by atoms with E-state index in [1.54, 1.807) is 0 Å². The smallest absolute Gasteiger partial charge is 0.169 e. The average Bonchev–Trinajstić information content (AvgIpc) is 2.88. The summed E-state index contributed by atoms with van der Waals surface area (Å²) in [7, 11) is 0. The second-order valence-corrected chi connectivity index (χ2v) is 5.76. The van der Waals surface area contributed by atoms with Crippen molar-refractivity contribution in [2.24, 2.45) is 0 Å². The fourth-order valence-electron chi connectivity index (χ4n) is 2.85. The molecule has 2 fully saturated rings. The molecular formula is C14H15Cl2O2. The van der Waals surface area contributed by atoms with Gasteiger partial charge in [0.05, 0.1) is 6.10 Å².